The molecule has 1 amide bonds. The number of aromatic nitrogens is 4. The zero-order chi connectivity index (χ0) is 17.5. The van der Waals surface area contributed by atoms with Crippen molar-refractivity contribution in [2.75, 3.05) is 13.7 Å². The van der Waals surface area contributed by atoms with Crippen LogP contribution in [-0.2, 0) is 11.2 Å². The van der Waals surface area contributed by atoms with Gasteiger partial charge in [-0.05, 0) is 40.1 Å². The third-order valence-corrected chi connectivity index (χ3v) is 3.87. The lowest BCUT2D eigenvalue weighted by Gasteiger charge is -2.16. The summed E-state index contributed by atoms with van der Waals surface area (Å²) < 4.78 is 6.60. The normalized spacial score (nSPS) is 11.7. The van der Waals surface area contributed by atoms with Crippen LogP contribution in [0.25, 0.3) is 0 Å². The topological polar surface area (TPSA) is 81.9 Å². The fraction of sp³-hybridized carbons (Fsp3) is 0.222. The molecule has 0 spiro atoms. The first-order valence-corrected chi connectivity index (χ1v) is 7.96. The molecule has 3 rings (SSSR count). The Bertz CT molecular complexity index is 788. The van der Waals surface area contributed by atoms with E-state index in [0.29, 0.717) is 6.54 Å². The maximum atomic E-state index is 12.7. The summed E-state index contributed by atoms with van der Waals surface area (Å²) in [5.74, 6) is 0.669. The third kappa shape index (κ3) is 4.20. The van der Waals surface area contributed by atoms with Crippen molar-refractivity contribution < 1.29 is 9.53 Å². The lowest BCUT2D eigenvalue weighted by atomic mass is 10.1. The number of hydrogen-bond acceptors (Lipinski definition) is 5. The average molecular weight is 337 g/mol. The van der Waals surface area contributed by atoms with E-state index in [1.807, 2.05) is 54.6 Å². The van der Waals surface area contributed by atoms with Gasteiger partial charge >= 0.3 is 0 Å². The molecule has 0 radical (unpaired) electrons. The molecule has 128 valence electrons. The Morgan fingerprint density at radius 2 is 1.92 bits per heavy atom. The Labute approximate surface area is 145 Å². The van der Waals surface area contributed by atoms with Crippen molar-refractivity contribution in [3.63, 3.8) is 0 Å². The molecule has 2 aromatic carbocycles. The molecule has 0 unspecified atom stereocenters. The number of rotatable bonds is 7. The van der Waals surface area contributed by atoms with E-state index in [-0.39, 0.29) is 5.91 Å². The van der Waals surface area contributed by atoms with Gasteiger partial charge in [0.15, 0.2) is 6.04 Å². The number of tetrazole rings is 1. The van der Waals surface area contributed by atoms with Crippen LogP contribution >= 0.6 is 0 Å². The van der Waals surface area contributed by atoms with E-state index < -0.39 is 6.04 Å². The van der Waals surface area contributed by atoms with Gasteiger partial charge in [-0.2, -0.15) is 0 Å². The number of ether oxygens (including phenoxy) is 1. The zero-order valence-corrected chi connectivity index (χ0v) is 13.9. The smallest absolute Gasteiger partial charge is 0.249 e. The fourth-order valence-corrected chi connectivity index (χ4v) is 2.57. The summed E-state index contributed by atoms with van der Waals surface area (Å²) in [5, 5.41) is 14.1. The molecule has 0 saturated heterocycles. The van der Waals surface area contributed by atoms with E-state index in [4.69, 9.17) is 4.74 Å². The molecule has 1 aromatic heterocycles. The fourth-order valence-electron chi connectivity index (χ4n) is 2.57. The lowest BCUT2D eigenvalue weighted by Crippen LogP contribution is -2.34. The minimum atomic E-state index is -0.591. The standard InChI is InChI=1S/C18H19N5O2/c1-25-16-9-7-14(8-10-16)11-12-19-18(24)17(23-13-20-21-22-23)15-5-3-2-4-6-15/h2-10,13,17H,11-12H2,1H3,(H,19,24)/t17-/m1/s1. The van der Waals surface area contributed by atoms with Gasteiger partial charge in [-0.1, -0.05) is 42.5 Å². The Balaban J connectivity index is 1.64. The van der Waals surface area contributed by atoms with Gasteiger partial charge in [0, 0.05) is 6.54 Å². The van der Waals surface area contributed by atoms with Crippen LogP contribution in [0.3, 0.4) is 0 Å². The molecule has 3 aromatic rings. The summed E-state index contributed by atoms with van der Waals surface area (Å²) in [6, 6.07) is 16.6. The van der Waals surface area contributed by atoms with Crippen LogP contribution in [-0.4, -0.2) is 39.8 Å². The molecule has 0 fully saturated rings. The number of nitrogens with zero attached hydrogens (tertiary/aromatic N) is 4. The highest BCUT2D eigenvalue weighted by Gasteiger charge is 2.23. The SMILES string of the molecule is COc1ccc(CCNC(=O)[C@@H](c2ccccc2)n2cnnn2)cc1. The second-order valence-corrected chi connectivity index (χ2v) is 5.49. The molecule has 0 saturated carbocycles. The second-order valence-electron chi connectivity index (χ2n) is 5.49. The third-order valence-electron chi connectivity index (χ3n) is 3.87. The first-order valence-electron chi connectivity index (χ1n) is 7.96. The van der Waals surface area contributed by atoms with Gasteiger partial charge in [-0.15, -0.1) is 5.10 Å². The van der Waals surface area contributed by atoms with Gasteiger partial charge in [0.25, 0.3) is 0 Å². The van der Waals surface area contributed by atoms with Crippen molar-refractivity contribution in [2.45, 2.75) is 12.5 Å². The summed E-state index contributed by atoms with van der Waals surface area (Å²) >= 11 is 0. The van der Waals surface area contributed by atoms with Crippen molar-refractivity contribution in [1.29, 1.82) is 0 Å². The number of hydrogen-bond donors (Lipinski definition) is 1. The molecule has 1 atom stereocenters. The van der Waals surface area contributed by atoms with E-state index in [0.717, 1.165) is 23.3 Å². The van der Waals surface area contributed by atoms with Crippen molar-refractivity contribution >= 4 is 5.91 Å². The van der Waals surface area contributed by atoms with Crippen molar-refractivity contribution in [1.82, 2.24) is 25.5 Å². The molecular formula is C18H19N5O2. The molecule has 0 aliphatic heterocycles. The molecule has 7 heteroatoms. The maximum absolute atomic E-state index is 12.7. The number of amides is 1. The van der Waals surface area contributed by atoms with Crippen LogP contribution in [0.15, 0.2) is 60.9 Å². The Morgan fingerprint density at radius 1 is 1.16 bits per heavy atom. The first kappa shape index (κ1) is 16.6. The number of carbonyl (C=O) groups excluding carboxylic acids is 1. The van der Waals surface area contributed by atoms with Crippen LogP contribution in [0, 0.1) is 0 Å². The highest BCUT2D eigenvalue weighted by atomic mass is 16.5. The molecule has 1 heterocycles. The highest BCUT2D eigenvalue weighted by molar-refractivity contribution is 5.83. The molecule has 0 bridgehead atoms. The summed E-state index contributed by atoms with van der Waals surface area (Å²) in [5.41, 5.74) is 1.96. The molecule has 0 aliphatic carbocycles. The lowest BCUT2D eigenvalue weighted by molar-refractivity contribution is -0.123. The van der Waals surface area contributed by atoms with Gasteiger partial charge in [-0.3, -0.25) is 4.79 Å². The maximum Gasteiger partial charge on any atom is 0.249 e. The Hall–Kier alpha value is -3.22. The van der Waals surface area contributed by atoms with Crippen molar-refractivity contribution in [2.24, 2.45) is 0 Å². The summed E-state index contributed by atoms with van der Waals surface area (Å²) in [6.45, 7) is 0.524. The van der Waals surface area contributed by atoms with E-state index in [9.17, 15) is 4.79 Å². The van der Waals surface area contributed by atoms with E-state index in [1.165, 1.54) is 11.0 Å². The molecule has 25 heavy (non-hydrogen) atoms. The van der Waals surface area contributed by atoms with E-state index in [2.05, 4.69) is 20.8 Å². The molecule has 0 aliphatic rings. The second kappa shape index (κ2) is 8.05. The number of benzene rings is 2. The first-order chi connectivity index (χ1) is 12.3. The minimum Gasteiger partial charge on any atom is -0.497 e. The van der Waals surface area contributed by atoms with Gasteiger partial charge in [0.05, 0.1) is 7.11 Å². The Kier molecular flexibility index (Phi) is 5.36. The van der Waals surface area contributed by atoms with Gasteiger partial charge in [0.2, 0.25) is 5.91 Å². The van der Waals surface area contributed by atoms with Gasteiger partial charge in [0.1, 0.15) is 12.1 Å². The van der Waals surface area contributed by atoms with Crippen molar-refractivity contribution in [3.05, 3.63) is 72.1 Å². The largest absolute Gasteiger partial charge is 0.497 e. The zero-order valence-electron chi connectivity index (χ0n) is 13.9. The Morgan fingerprint density at radius 3 is 2.56 bits per heavy atom. The van der Waals surface area contributed by atoms with Gasteiger partial charge < -0.3 is 10.1 Å². The van der Waals surface area contributed by atoms with Gasteiger partial charge in [-0.25, -0.2) is 4.68 Å². The number of methoxy groups -OCH3 is 1. The number of nitrogens with one attached hydrogen (secondary N) is 1. The predicted molar refractivity (Wildman–Crippen MR) is 92.1 cm³/mol. The monoisotopic (exact) mass is 337 g/mol. The molecular weight excluding hydrogens is 318 g/mol. The van der Waals surface area contributed by atoms with Crippen LogP contribution in [0.4, 0.5) is 0 Å². The van der Waals surface area contributed by atoms with Crippen LogP contribution < -0.4 is 10.1 Å². The van der Waals surface area contributed by atoms with Crippen LogP contribution in [0.5, 0.6) is 5.75 Å². The van der Waals surface area contributed by atoms with Crippen LogP contribution in [0.2, 0.25) is 0 Å². The predicted octanol–water partition coefficient (Wildman–Crippen LogP) is 1.63. The summed E-state index contributed by atoms with van der Waals surface area (Å²) in [7, 11) is 1.64. The van der Waals surface area contributed by atoms with E-state index >= 15 is 0 Å². The summed E-state index contributed by atoms with van der Waals surface area (Å²) in [4.78, 5) is 12.7. The minimum absolute atomic E-state index is 0.146. The number of carbonyl (C=O) groups is 1. The average Bonchev–Trinajstić information content (AvgIpc) is 3.17. The van der Waals surface area contributed by atoms with Crippen molar-refractivity contribution in [3.8, 4) is 5.75 Å². The summed E-state index contributed by atoms with van der Waals surface area (Å²) in [6.07, 6.45) is 2.17. The molecule has 7 nitrogen and oxygen atoms in total. The highest BCUT2D eigenvalue weighted by Crippen LogP contribution is 2.17. The van der Waals surface area contributed by atoms with Crippen LogP contribution in [0.1, 0.15) is 17.2 Å². The van der Waals surface area contributed by atoms with E-state index in [1.54, 1.807) is 7.11 Å². The quantitative estimate of drug-likeness (QED) is 0.709. The molecule has 1 N–H and O–H groups in total.